The van der Waals surface area contributed by atoms with E-state index in [9.17, 15) is 19.2 Å². The van der Waals surface area contributed by atoms with Gasteiger partial charge in [-0.15, -0.1) is 0 Å². The maximum atomic E-state index is 13.7. The number of rotatable bonds is 13. The fraction of sp³-hybridized carbons (Fsp3) is 0.667. The van der Waals surface area contributed by atoms with Gasteiger partial charge < -0.3 is 25.4 Å². The zero-order valence-corrected chi connectivity index (χ0v) is 23.4. The Morgan fingerprint density at radius 2 is 1.51 bits per heavy atom. The van der Waals surface area contributed by atoms with Crippen molar-refractivity contribution in [2.75, 3.05) is 13.7 Å². The monoisotopic (exact) mass is 541 g/mol. The fourth-order valence-corrected chi connectivity index (χ4v) is 5.79. The van der Waals surface area contributed by atoms with Crippen LogP contribution < -0.4 is 20.7 Å². The van der Waals surface area contributed by atoms with Crippen LogP contribution in [0.1, 0.15) is 77.2 Å². The normalized spacial score (nSPS) is 23.5. The third-order valence-corrected chi connectivity index (χ3v) is 8.49. The number of Topliss-reactive ketones (excluding diaryl/α,β-unsaturated/α-hetero) is 1. The van der Waals surface area contributed by atoms with Crippen LogP contribution in [0.25, 0.3) is 0 Å². The standard InChI is InChI=1S/C30H43N3O6/c1-19(31-28(36)22-10-6-7-11-22)27(35)33-25(17-21-12-14-23(38-3)15-13-21)29(37)32-24(16-20-8-4-5-9-20)26(34)30(2)18-39-30/h12-15,19-20,22,24-25H,4-11,16-18H2,1-3H3,(H,31,36)(H,32,37)(H,33,35)/t19-,24+,25+,30-/m1/s1. The molecule has 39 heavy (non-hydrogen) atoms. The van der Waals surface area contributed by atoms with Gasteiger partial charge >= 0.3 is 0 Å². The van der Waals surface area contributed by atoms with Crippen LogP contribution in [0.5, 0.6) is 5.75 Å². The van der Waals surface area contributed by atoms with Crippen molar-refractivity contribution in [3.05, 3.63) is 29.8 Å². The van der Waals surface area contributed by atoms with Crippen molar-refractivity contribution in [2.24, 2.45) is 11.8 Å². The first-order valence-corrected chi connectivity index (χ1v) is 14.4. The van der Waals surface area contributed by atoms with Crippen molar-refractivity contribution in [3.63, 3.8) is 0 Å². The van der Waals surface area contributed by atoms with Gasteiger partial charge in [0, 0.05) is 12.3 Å². The van der Waals surface area contributed by atoms with Gasteiger partial charge in [-0.3, -0.25) is 19.2 Å². The molecule has 3 amide bonds. The molecule has 3 fully saturated rings. The molecule has 0 radical (unpaired) electrons. The summed E-state index contributed by atoms with van der Waals surface area (Å²) >= 11 is 0. The first kappa shape index (κ1) is 29.1. The predicted molar refractivity (Wildman–Crippen MR) is 146 cm³/mol. The molecular weight excluding hydrogens is 498 g/mol. The summed E-state index contributed by atoms with van der Waals surface area (Å²) in [6, 6.07) is 4.89. The summed E-state index contributed by atoms with van der Waals surface area (Å²) in [6.45, 7) is 3.74. The van der Waals surface area contributed by atoms with E-state index in [1.54, 1.807) is 33.1 Å². The smallest absolute Gasteiger partial charge is 0.243 e. The van der Waals surface area contributed by atoms with E-state index in [4.69, 9.17) is 9.47 Å². The highest BCUT2D eigenvalue weighted by Gasteiger charge is 2.50. The Balaban J connectivity index is 1.46. The van der Waals surface area contributed by atoms with E-state index in [2.05, 4.69) is 16.0 Å². The number of carbonyl (C=O) groups excluding carboxylic acids is 4. The molecule has 3 aliphatic rings. The molecular formula is C30H43N3O6. The molecule has 4 rings (SSSR count). The van der Waals surface area contributed by atoms with Crippen molar-refractivity contribution in [1.29, 1.82) is 0 Å². The molecule has 1 saturated heterocycles. The molecule has 1 aliphatic heterocycles. The quantitative estimate of drug-likeness (QED) is 0.330. The number of hydrogen-bond donors (Lipinski definition) is 3. The lowest BCUT2D eigenvalue weighted by atomic mass is 9.90. The molecule has 2 aliphatic carbocycles. The van der Waals surface area contributed by atoms with Gasteiger partial charge in [0.1, 0.15) is 23.4 Å². The second kappa shape index (κ2) is 12.9. The number of amides is 3. The molecule has 1 aromatic carbocycles. The van der Waals surface area contributed by atoms with Gasteiger partial charge in [-0.05, 0) is 56.7 Å². The van der Waals surface area contributed by atoms with E-state index >= 15 is 0 Å². The average molecular weight is 542 g/mol. The van der Waals surface area contributed by atoms with Crippen molar-refractivity contribution < 1.29 is 28.7 Å². The molecule has 9 nitrogen and oxygen atoms in total. The number of epoxide rings is 1. The summed E-state index contributed by atoms with van der Waals surface area (Å²) in [5, 5.41) is 8.62. The first-order chi connectivity index (χ1) is 18.7. The Kier molecular flexibility index (Phi) is 9.64. The molecule has 9 heteroatoms. The number of ether oxygens (including phenoxy) is 2. The molecule has 0 spiro atoms. The van der Waals surface area contributed by atoms with Crippen LogP contribution in [0.3, 0.4) is 0 Å². The summed E-state index contributed by atoms with van der Waals surface area (Å²) in [5.74, 6) is -0.0954. The average Bonchev–Trinajstić information content (AvgIpc) is 3.32. The third-order valence-electron chi connectivity index (χ3n) is 8.49. The van der Waals surface area contributed by atoms with Crippen LogP contribution in [-0.2, 0) is 30.3 Å². The van der Waals surface area contributed by atoms with Gasteiger partial charge in [0.05, 0.1) is 19.8 Å². The summed E-state index contributed by atoms with van der Waals surface area (Å²) in [7, 11) is 1.58. The van der Waals surface area contributed by atoms with Crippen LogP contribution >= 0.6 is 0 Å². The summed E-state index contributed by atoms with van der Waals surface area (Å²) in [5.41, 5.74) is -0.0281. The Labute approximate surface area is 231 Å². The zero-order valence-electron chi connectivity index (χ0n) is 23.4. The summed E-state index contributed by atoms with van der Waals surface area (Å²) < 4.78 is 10.7. The van der Waals surface area contributed by atoms with Gasteiger partial charge in [0.25, 0.3) is 0 Å². The SMILES string of the molecule is COc1ccc(C[C@H](NC(=O)[C@@H](C)NC(=O)C2CCCC2)C(=O)N[C@@H](CC2CCCC2)C(=O)[C@@]2(C)CO2)cc1. The number of methoxy groups -OCH3 is 1. The van der Waals surface area contributed by atoms with Gasteiger partial charge in [0.15, 0.2) is 5.78 Å². The van der Waals surface area contributed by atoms with E-state index in [1.807, 2.05) is 12.1 Å². The lowest BCUT2D eigenvalue weighted by molar-refractivity contribution is -0.134. The number of carbonyl (C=O) groups is 4. The Bertz CT molecular complexity index is 1030. The summed E-state index contributed by atoms with van der Waals surface area (Å²) in [4.78, 5) is 52.7. The van der Waals surface area contributed by atoms with Gasteiger partial charge in [0.2, 0.25) is 17.7 Å². The Morgan fingerprint density at radius 3 is 2.10 bits per heavy atom. The molecule has 1 heterocycles. The zero-order chi connectivity index (χ0) is 28.0. The van der Waals surface area contributed by atoms with E-state index in [0.29, 0.717) is 24.7 Å². The molecule has 1 aromatic rings. The van der Waals surface area contributed by atoms with Gasteiger partial charge in [-0.25, -0.2) is 0 Å². The maximum Gasteiger partial charge on any atom is 0.243 e. The van der Waals surface area contributed by atoms with Crippen molar-refractivity contribution >= 4 is 23.5 Å². The second-order valence-corrected chi connectivity index (χ2v) is 11.7. The molecule has 4 atom stereocenters. The number of benzene rings is 1. The molecule has 3 N–H and O–H groups in total. The van der Waals surface area contributed by atoms with E-state index in [-0.39, 0.29) is 24.0 Å². The van der Waals surface area contributed by atoms with Crippen molar-refractivity contribution in [2.45, 2.75) is 102 Å². The lowest BCUT2D eigenvalue weighted by Gasteiger charge is -2.27. The number of hydrogen-bond acceptors (Lipinski definition) is 6. The lowest BCUT2D eigenvalue weighted by Crippen LogP contribution is -2.57. The van der Waals surface area contributed by atoms with Gasteiger partial charge in [-0.1, -0.05) is 50.7 Å². The Hall–Kier alpha value is -2.94. The van der Waals surface area contributed by atoms with E-state index in [0.717, 1.165) is 56.9 Å². The van der Waals surface area contributed by atoms with Crippen LogP contribution in [0.4, 0.5) is 0 Å². The molecule has 2 saturated carbocycles. The second-order valence-electron chi connectivity index (χ2n) is 11.7. The van der Waals surface area contributed by atoms with Crippen LogP contribution in [0.2, 0.25) is 0 Å². The fourth-order valence-electron chi connectivity index (χ4n) is 5.79. The minimum Gasteiger partial charge on any atom is -0.497 e. The van der Waals surface area contributed by atoms with Gasteiger partial charge in [-0.2, -0.15) is 0 Å². The van der Waals surface area contributed by atoms with Crippen molar-refractivity contribution in [1.82, 2.24) is 16.0 Å². The molecule has 214 valence electrons. The van der Waals surface area contributed by atoms with Crippen LogP contribution in [-0.4, -0.2) is 60.9 Å². The number of nitrogens with one attached hydrogen (secondary N) is 3. The third kappa shape index (κ3) is 7.81. The molecule has 0 bridgehead atoms. The minimum atomic E-state index is -0.927. The van der Waals surface area contributed by atoms with Crippen LogP contribution in [0, 0.1) is 11.8 Å². The minimum absolute atomic E-state index is 0.0630. The molecule has 0 aromatic heterocycles. The highest BCUT2D eigenvalue weighted by atomic mass is 16.6. The van der Waals surface area contributed by atoms with E-state index < -0.39 is 35.5 Å². The maximum absolute atomic E-state index is 13.7. The largest absolute Gasteiger partial charge is 0.497 e. The predicted octanol–water partition coefficient (Wildman–Crippen LogP) is 2.84. The van der Waals surface area contributed by atoms with E-state index in [1.165, 1.54) is 0 Å². The topological polar surface area (TPSA) is 126 Å². The Morgan fingerprint density at radius 1 is 0.923 bits per heavy atom. The highest BCUT2D eigenvalue weighted by molar-refractivity contribution is 5.98. The molecule has 0 unspecified atom stereocenters. The number of ketones is 1. The van der Waals surface area contributed by atoms with Crippen LogP contribution in [0.15, 0.2) is 24.3 Å². The highest BCUT2D eigenvalue weighted by Crippen LogP contribution is 2.33. The first-order valence-electron chi connectivity index (χ1n) is 14.4. The summed E-state index contributed by atoms with van der Waals surface area (Å²) in [6.07, 6.45) is 8.86. The van der Waals surface area contributed by atoms with Crippen molar-refractivity contribution in [3.8, 4) is 5.75 Å².